The molecule has 1 aliphatic heterocycles. The van der Waals surface area contributed by atoms with Gasteiger partial charge in [0.1, 0.15) is 30.5 Å². The number of ether oxygens (including phenoxy) is 2. The van der Waals surface area contributed by atoms with Crippen LogP contribution in [-0.4, -0.2) is 107 Å². The third kappa shape index (κ3) is 25.1. The third-order valence-electron chi connectivity index (χ3n) is 9.45. The van der Waals surface area contributed by atoms with Gasteiger partial charge in [0.05, 0.1) is 25.4 Å². The first-order chi connectivity index (χ1) is 26.4. The lowest BCUT2D eigenvalue weighted by Gasteiger charge is -2.41. The van der Waals surface area contributed by atoms with Gasteiger partial charge in [0.25, 0.3) is 0 Å². The highest BCUT2D eigenvalue weighted by Crippen LogP contribution is 2.26. The standard InChI is InChI=1S/C41H73NO12S/c1-3-5-7-9-11-13-15-17-18-20-21-23-25-27-29-34(44)33(32-52-41-38(47)39(54-55(49,50)51)37(46)36(31-43)53-41)42-40(48)35(45)30-28-26-24-22-19-16-14-12-10-8-6-4-2/h19-22,26-29,33-39,41,43-47H,3-18,23-25,30-32H2,1-2H3,(H,42,48)(H,49,50,51)/b21-20+,22-19-,28-26-,29-27+. The molecule has 8 atom stereocenters. The van der Waals surface area contributed by atoms with Crippen LogP contribution in [-0.2, 0) is 28.9 Å². The van der Waals surface area contributed by atoms with Gasteiger partial charge in [-0.2, -0.15) is 8.42 Å². The maximum Gasteiger partial charge on any atom is 0.397 e. The lowest BCUT2D eigenvalue weighted by atomic mass is 9.99. The van der Waals surface area contributed by atoms with E-state index in [0.717, 1.165) is 32.1 Å². The van der Waals surface area contributed by atoms with Crippen LogP contribution in [0.15, 0.2) is 48.6 Å². The normalized spacial score (nSPS) is 22.7. The minimum absolute atomic E-state index is 0.0249. The van der Waals surface area contributed by atoms with Crippen molar-refractivity contribution in [2.45, 2.75) is 191 Å². The van der Waals surface area contributed by atoms with Gasteiger partial charge in [0, 0.05) is 6.42 Å². The Morgan fingerprint density at radius 3 is 1.85 bits per heavy atom. The monoisotopic (exact) mass is 803 g/mol. The van der Waals surface area contributed by atoms with Crippen molar-refractivity contribution in [1.82, 2.24) is 5.32 Å². The molecule has 7 N–H and O–H groups in total. The maximum absolute atomic E-state index is 13.0. The van der Waals surface area contributed by atoms with Crippen molar-refractivity contribution in [3.8, 4) is 0 Å². The lowest BCUT2D eigenvalue weighted by molar-refractivity contribution is -0.298. The average molecular weight is 804 g/mol. The molecular weight excluding hydrogens is 731 g/mol. The molecule has 0 aromatic heterocycles. The zero-order valence-electron chi connectivity index (χ0n) is 33.3. The van der Waals surface area contributed by atoms with Crippen LogP contribution in [0.1, 0.15) is 142 Å². The number of carbonyl (C=O) groups excluding carboxylic acids is 1. The van der Waals surface area contributed by atoms with E-state index < -0.39 is 78.5 Å². The molecule has 1 rings (SSSR count). The van der Waals surface area contributed by atoms with Gasteiger partial charge in [-0.25, -0.2) is 4.18 Å². The Hall–Kier alpha value is -1.98. The summed E-state index contributed by atoms with van der Waals surface area (Å²) in [7, 11) is -5.12. The van der Waals surface area contributed by atoms with E-state index in [-0.39, 0.29) is 6.42 Å². The van der Waals surface area contributed by atoms with E-state index in [0.29, 0.717) is 12.8 Å². The summed E-state index contributed by atoms with van der Waals surface area (Å²) in [6.07, 6.45) is 25.2. The van der Waals surface area contributed by atoms with Crippen LogP contribution in [0, 0.1) is 0 Å². The summed E-state index contributed by atoms with van der Waals surface area (Å²) in [5.74, 6) is -0.783. The van der Waals surface area contributed by atoms with Crippen LogP contribution in [0.4, 0.5) is 0 Å². The van der Waals surface area contributed by atoms with Crippen molar-refractivity contribution in [2.24, 2.45) is 0 Å². The second kappa shape index (κ2) is 32.0. The number of aliphatic hydroxyl groups excluding tert-OH is 5. The van der Waals surface area contributed by atoms with Crippen molar-refractivity contribution >= 4 is 16.3 Å². The number of unbranched alkanes of at least 4 members (excludes halogenated alkanes) is 15. The van der Waals surface area contributed by atoms with Crippen molar-refractivity contribution < 1.29 is 57.0 Å². The van der Waals surface area contributed by atoms with E-state index in [1.807, 2.05) is 12.2 Å². The van der Waals surface area contributed by atoms with E-state index in [4.69, 9.17) is 14.0 Å². The van der Waals surface area contributed by atoms with E-state index >= 15 is 0 Å². The number of hydrogen-bond acceptors (Lipinski definition) is 11. The number of allylic oxidation sites excluding steroid dienone is 6. The fourth-order valence-corrected chi connectivity index (χ4v) is 6.61. The topological polar surface area (TPSA) is 212 Å². The summed E-state index contributed by atoms with van der Waals surface area (Å²) >= 11 is 0. The molecule has 320 valence electrons. The molecule has 55 heavy (non-hydrogen) atoms. The van der Waals surface area contributed by atoms with Gasteiger partial charge in [-0.1, -0.05) is 140 Å². The van der Waals surface area contributed by atoms with Crippen molar-refractivity contribution in [3.05, 3.63) is 48.6 Å². The smallest absolute Gasteiger partial charge is 0.394 e. The van der Waals surface area contributed by atoms with Gasteiger partial charge in [-0.3, -0.25) is 9.35 Å². The molecule has 1 heterocycles. The number of aliphatic hydroxyl groups is 5. The van der Waals surface area contributed by atoms with Gasteiger partial charge in [0.2, 0.25) is 5.91 Å². The van der Waals surface area contributed by atoms with Crippen molar-refractivity contribution in [1.29, 1.82) is 0 Å². The molecule has 1 aliphatic rings. The summed E-state index contributed by atoms with van der Waals surface area (Å²) in [6.45, 7) is 3.10. The fourth-order valence-electron chi connectivity index (χ4n) is 6.11. The van der Waals surface area contributed by atoms with Gasteiger partial charge in [0.15, 0.2) is 6.29 Å². The van der Waals surface area contributed by atoms with Crippen LogP contribution in [0.25, 0.3) is 0 Å². The van der Waals surface area contributed by atoms with Crippen LogP contribution < -0.4 is 5.32 Å². The molecule has 0 spiro atoms. The Labute approximate surface area is 330 Å². The first-order valence-electron chi connectivity index (χ1n) is 20.6. The fraction of sp³-hybridized carbons (Fsp3) is 0.780. The average Bonchev–Trinajstić information content (AvgIpc) is 3.15. The minimum atomic E-state index is -5.12. The molecule has 1 amide bonds. The quantitative estimate of drug-likeness (QED) is 0.0235. The summed E-state index contributed by atoms with van der Waals surface area (Å²) in [5.41, 5.74) is 0. The SMILES string of the molecule is CCCCCCCC/C=C\C/C=C\CC(O)C(=O)NC(COC1OC(CO)C(O)C(OS(=O)(=O)O)C1O)C(O)/C=C/CC/C=C/CCCCCCCCCC. The van der Waals surface area contributed by atoms with E-state index in [2.05, 4.69) is 41.6 Å². The second-order valence-electron chi connectivity index (χ2n) is 14.4. The van der Waals surface area contributed by atoms with Crippen LogP contribution >= 0.6 is 0 Å². The number of carbonyl (C=O) groups is 1. The molecule has 0 radical (unpaired) electrons. The third-order valence-corrected chi connectivity index (χ3v) is 9.92. The molecule has 13 nitrogen and oxygen atoms in total. The van der Waals surface area contributed by atoms with Crippen LogP contribution in [0.2, 0.25) is 0 Å². The highest BCUT2D eigenvalue weighted by Gasteiger charge is 2.48. The Balaban J connectivity index is 2.76. The summed E-state index contributed by atoms with van der Waals surface area (Å²) in [5, 5.41) is 54.8. The Bertz CT molecular complexity index is 1190. The first-order valence-corrected chi connectivity index (χ1v) is 22.0. The van der Waals surface area contributed by atoms with Crippen molar-refractivity contribution in [2.75, 3.05) is 13.2 Å². The first kappa shape index (κ1) is 51.0. The molecular formula is C41H73NO12S. The predicted molar refractivity (Wildman–Crippen MR) is 214 cm³/mol. The number of hydrogen-bond donors (Lipinski definition) is 7. The lowest BCUT2D eigenvalue weighted by Crippen LogP contribution is -2.61. The molecule has 0 saturated carbocycles. The number of nitrogens with one attached hydrogen (secondary N) is 1. The molecule has 1 fully saturated rings. The van der Waals surface area contributed by atoms with Gasteiger partial charge < -0.3 is 40.3 Å². The Morgan fingerprint density at radius 2 is 1.27 bits per heavy atom. The maximum atomic E-state index is 13.0. The highest BCUT2D eigenvalue weighted by atomic mass is 32.3. The van der Waals surface area contributed by atoms with Crippen LogP contribution in [0.5, 0.6) is 0 Å². The summed E-state index contributed by atoms with van der Waals surface area (Å²) < 4.78 is 47.3. The largest absolute Gasteiger partial charge is 0.397 e. The van der Waals surface area contributed by atoms with E-state index in [1.54, 1.807) is 12.2 Å². The molecule has 0 aromatic carbocycles. The molecule has 14 heteroatoms. The van der Waals surface area contributed by atoms with Gasteiger partial charge in [-0.15, -0.1) is 0 Å². The van der Waals surface area contributed by atoms with E-state index in [9.17, 15) is 38.7 Å². The van der Waals surface area contributed by atoms with Gasteiger partial charge >= 0.3 is 10.4 Å². The Kier molecular flexibility index (Phi) is 29.7. The molecule has 0 bridgehead atoms. The predicted octanol–water partition coefficient (Wildman–Crippen LogP) is 5.90. The zero-order chi connectivity index (χ0) is 40.7. The van der Waals surface area contributed by atoms with E-state index in [1.165, 1.54) is 83.1 Å². The van der Waals surface area contributed by atoms with Gasteiger partial charge in [-0.05, 0) is 44.9 Å². The molecule has 1 saturated heterocycles. The Morgan fingerprint density at radius 1 is 0.745 bits per heavy atom. The summed E-state index contributed by atoms with van der Waals surface area (Å²) in [6, 6.07) is -1.17. The molecule has 0 aliphatic carbocycles. The zero-order valence-corrected chi connectivity index (χ0v) is 34.2. The summed E-state index contributed by atoms with van der Waals surface area (Å²) in [4.78, 5) is 13.0. The minimum Gasteiger partial charge on any atom is -0.394 e. The second-order valence-corrected chi connectivity index (χ2v) is 15.4. The number of rotatable bonds is 33. The molecule has 8 unspecified atom stereocenters. The highest BCUT2D eigenvalue weighted by molar-refractivity contribution is 7.80. The number of amides is 1. The van der Waals surface area contributed by atoms with Crippen molar-refractivity contribution in [3.63, 3.8) is 0 Å². The van der Waals surface area contributed by atoms with Crippen LogP contribution in [0.3, 0.4) is 0 Å². The molecule has 0 aromatic rings.